The molecule has 4 aromatic carbocycles. The van der Waals surface area contributed by atoms with Crippen LogP contribution in [0.4, 0.5) is 0 Å². The number of rotatable bonds is 8. The summed E-state index contributed by atoms with van der Waals surface area (Å²) in [4.78, 5) is 41.4. The second-order valence-corrected chi connectivity index (χ2v) is 16.9. The first kappa shape index (κ1) is 44.9. The minimum atomic E-state index is -1.26. The molecule has 3 aliphatic rings. The molecule has 0 saturated carbocycles. The molecule has 1 aromatic heterocycles. The third kappa shape index (κ3) is 10.6. The summed E-state index contributed by atoms with van der Waals surface area (Å²) in [5.41, 5.74) is 4.12. The molecule has 61 heavy (non-hydrogen) atoms. The van der Waals surface area contributed by atoms with Crippen LogP contribution in [-0.4, -0.2) is 98.4 Å². The number of piperazine rings is 1. The molecule has 0 radical (unpaired) electrons. The summed E-state index contributed by atoms with van der Waals surface area (Å²) < 4.78 is 28.3. The van der Waals surface area contributed by atoms with Gasteiger partial charge in [-0.1, -0.05) is 42.1 Å². The Labute approximate surface area is 363 Å². The average molecular weight is 867 g/mol. The normalized spacial score (nSPS) is 16.6. The Hall–Kier alpha value is -5.67. The molecule has 2 N–H and O–H groups in total. The lowest BCUT2D eigenvalue weighted by Crippen LogP contribution is -2.46. The maximum atomic E-state index is 12.9. The van der Waals surface area contributed by atoms with E-state index in [1.807, 2.05) is 49.5 Å². The van der Waals surface area contributed by atoms with Crippen LogP contribution < -0.4 is 24.6 Å². The molecule has 1 saturated heterocycles. The quantitative estimate of drug-likeness (QED) is 0.0870. The zero-order chi connectivity index (χ0) is 43.8. The van der Waals surface area contributed by atoms with Gasteiger partial charge in [0.1, 0.15) is 45.1 Å². The van der Waals surface area contributed by atoms with E-state index in [1.165, 1.54) is 46.0 Å². The number of thioether (sulfide) groups is 1. The largest absolute Gasteiger partial charge is 0.497 e. The van der Waals surface area contributed by atoms with Crippen molar-refractivity contribution < 1.29 is 43.2 Å². The average Bonchev–Trinajstić information content (AvgIpc) is 3.41. The third-order valence-electron chi connectivity index (χ3n) is 10.4. The number of fused-ring (bicyclic) bond motifs is 4. The highest BCUT2D eigenvalue weighted by Crippen LogP contribution is 2.48. The number of benzene rings is 4. The molecule has 14 heteroatoms. The monoisotopic (exact) mass is 866 g/mol. The Bertz CT molecular complexity index is 2490. The van der Waals surface area contributed by atoms with Crippen molar-refractivity contribution in [3.8, 4) is 34.1 Å². The Morgan fingerprint density at radius 3 is 2.16 bits per heavy atom. The van der Waals surface area contributed by atoms with Gasteiger partial charge in [-0.3, -0.25) is 4.90 Å². The van der Waals surface area contributed by atoms with Crippen LogP contribution in [0.3, 0.4) is 0 Å². The number of hydrogen-bond donors (Lipinski definition) is 2. The van der Waals surface area contributed by atoms with Crippen LogP contribution in [0.25, 0.3) is 28.2 Å². The molecule has 5 aromatic rings. The molecule has 0 spiro atoms. The number of ether oxygens (including phenoxy) is 4. The van der Waals surface area contributed by atoms with Crippen molar-refractivity contribution in [1.82, 2.24) is 9.80 Å². The standard InChI is InChI=1S/C23H22O6.C20H24N2S2.C4H4O4/c1-23(2)11-10-15-16(29-23)12-17-19(20(15)26-4)21(27-5)18(22(24)28-17)13-6-8-14(25-3)9-7-13;1-21-9-11-22(12-10-21)18-13-15-5-3-4-6-19(15)24-20-8-7-16(23-2)14-17(18)20;5-3(6)1-2-4(7)8/h6-12H,1-5H3;3-8,14,18H,9-13H2,1-2H3;1-2H,(H,5,6)(H,7,8). The third-order valence-corrected chi connectivity index (χ3v) is 12.4. The van der Waals surface area contributed by atoms with Crippen molar-refractivity contribution in [3.05, 3.63) is 118 Å². The van der Waals surface area contributed by atoms with Gasteiger partial charge < -0.3 is 38.5 Å². The number of methoxy groups -OCH3 is 3. The predicted molar refractivity (Wildman–Crippen MR) is 240 cm³/mol. The fourth-order valence-electron chi connectivity index (χ4n) is 7.38. The molecule has 1 atom stereocenters. The summed E-state index contributed by atoms with van der Waals surface area (Å²) in [5.74, 6) is -0.322. The lowest BCUT2D eigenvalue weighted by Gasteiger charge is -2.38. The fraction of sp³-hybridized carbons (Fsp3) is 0.298. The van der Waals surface area contributed by atoms with Crippen molar-refractivity contribution in [2.45, 2.75) is 46.6 Å². The molecule has 0 bridgehead atoms. The van der Waals surface area contributed by atoms with Gasteiger partial charge in [0.15, 0.2) is 0 Å². The first-order valence-corrected chi connectivity index (χ1v) is 21.6. The first-order chi connectivity index (χ1) is 29.2. The number of carboxylic acids is 2. The van der Waals surface area contributed by atoms with Crippen molar-refractivity contribution in [2.75, 3.05) is 60.8 Å². The smallest absolute Gasteiger partial charge is 0.347 e. The van der Waals surface area contributed by atoms with Gasteiger partial charge in [-0.2, -0.15) is 0 Å². The lowest BCUT2D eigenvalue weighted by atomic mass is 9.96. The second-order valence-electron chi connectivity index (χ2n) is 14.9. The maximum Gasteiger partial charge on any atom is 0.347 e. The van der Waals surface area contributed by atoms with Gasteiger partial charge in [0, 0.05) is 65.1 Å². The summed E-state index contributed by atoms with van der Waals surface area (Å²) in [6.07, 6.45) is 8.32. The molecule has 4 heterocycles. The number of likely N-dealkylation sites (N-methyl/N-ethyl adjacent to an activating group) is 1. The first-order valence-electron chi connectivity index (χ1n) is 19.5. The van der Waals surface area contributed by atoms with E-state index in [1.54, 1.807) is 44.6 Å². The molecule has 0 aliphatic carbocycles. The number of nitrogens with zero attached hydrogens (tertiary/aromatic N) is 2. The van der Waals surface area contributed by atoms with E-state index in [9.17, 15) is 14.4 Å². The molecule has 1 fully saturated rings. The number of carboxylic acid groups (broad SMARTS) is 2. The molecule has 1 unspecified atom stereocenters. The van der Waals surface area contributed by atoms with Gasteiger partial charge in [-0.25, -0.2) is 14.4 Å². The topological polar surface area (TPSA) is 148 Å². The molecule has 8 rings (SSSR count). The zero-order valence-electron chi connectivity index (χ0n) is 35.2. The van der Waals surface area contributed by atoms with E-state index >= 15 is 0 Å². The van der Waals surface area contributed by atoms with E-state index in [-0.39, 0.29) is 0 Å². The number of aliphatic carboxylic acids is 2. The molecule has 320 valence electrons. The number of carbonyl (C=O) groups is 2. The SMILES string of the molecule is COc1ccc(-c2c(OC)c3c(OC)c4c(cc3oc2=O)OC(C)(C)C=C4)cc1.CSc1ccc2c(c1)C(N1CCN(C)CC1)Cc1ccccc1S2.O=C(O)C=CC(=O)O. The van der Waals surface area contributed by atoms with Gasteiger partial charge in [0.05, 0.1) is 26.9 Å². The molecular formula is C47H50N2O10S2. The highest BCUT2D eigenvalue weighted by molar-refractivity contribution is 7.99. The minimum absolute atomic E-state index is 0.321. The van der Waals surface area contributed by atoms with E-state index in [4.69, 9.17) is 33.6 Å². The highest BCUT2D eigenvalue weighted by Gasteiger charge is 2.31. The van der Waals surface area contributed by atoms with Crippen molar-refractivity contribution in [1.29, 1.82) is 0 Å². The van der Waals surface area contributed by atoms with Gasteiger partial charge in [0.25, 0.3) is 0 Å². The highest BCUT2D eigenvalue weighted by atomic mass is 32.2. The van der Waals surface area contributed by atoms with Crippen molar-refractivity contribution >= 4 is 52.5 Å². The van der Waals surface area contributed by atoms with Crippen LogP contribution in [0, 0.1) is 0 Å². The summed E-state index contributed by atoms with van der Waals surface area (Å²) in [5, 5.41) is 16.2. The van der Waals surface area contributed by atoms with Gasteiger partial charge in [-0.05, 0) is 98.8 Å². The summed E-state index contributed by atoms with van der Waals surface area (Å²) in [7, 11) is 6.91. The van der Waals surface area contributed by atoms with E-state index in [0.29, 0.717) is 63.3 Å². The second kappa shape index (κ2) is 19.8. The maximum absolute atomic E-state index is 12.9. The van der Waals surface area contributed by atoms with E-state index in [0.717, 1.165) is 25.1 Å². The number of hydrogen-bond acceptors (Lipinski definition) is 12. The van der Waals surface area contributed by atoms with Crippen molar-refractivity contribution in [3.63, 3.8) is 0 Å². The summed E-state index contributed by atoms with van der Waals surface area (Å²) in [6, 6.07) is 25.3. The van der Waals surface area contributed by atoms with Crippen LogP contribution in [0.1, 0.15) is 36.6 Å². The van der Waals surface area contributed by atoms with E-state index in [2.05, 4.69) is 65.6 Å². The van der Waals surface area contributed by atoms with Crippen LogP contribution in [0.5, 0.6) is 23.0 Å². The molecular weight excluding hydrogens is 817 g/mol. The van der Waals surface area contributed by atoms with Crippen LogP contribution >= 0.6 is 23.5 Å². The summed E-state index contributed by atoms with van der Waals surface area (Å²) in [6.45, 7) is 8.57. The Morgan fingerprint density at radius 2 is 1.54 bits per heavy atom. The molecule has 12 nitrogen and oxygen atoms in total. The fourth-order valence-corrected chi connectivity index (χ4v) is 8.94. The van der Waals surface area contributed by atoms with Crippen LogP contribution in [0.15, 0.2) is 115 Å². The Balaban J connectivity index is 0.000000176. The Kier molecular flexibility index (Phi) is 14.6. The van der Waals surface area contributed by atoms with Crippen molar-refractivity contribution in [2.24, 2.45) is 0 Å². The zero-order valence-corrected chi connectivity index (χ0v) is 36.9. The summed E-state index contributed by atoms with van der Waals surface area (Å²) >= 11 is 3.79. The molecule has 3 aliphatic heterocycles. The van der Waals surface area contributed by atoms with Crippen LogP contribution in [-0.2, 0) is 16.0 Å². The minimum Gasteiger partial charge on any atom is -0.497 e. The molecule has 0 amide bonds. The predicted octanol–water partition coefficient (Wildman–Crippen LogP) is 8.79. The van der Waals surface area contributed by atoms with Gasteiger partial charge in [0.2, 0.25) is 0 Å². The lowest BCUT2D eigenvalue weighted by molar-refractivity contribution is -0.134. The van der Waals surface area contributed by atoms with Gasteiger partial charge >= 0.3 is 17.6 Å². The Morgan fingerprint density at radius 1 is 0.869 bits per heavy atom. The van der Waals surface area contributed by atoms with Crippen LogP contribution in [0.2, 0.25) is 0 Å². The van der Waals surface area contributed by atoms with Gasteiger partial charge in [-0.15, -0.1) is 11.8 Å². The van der Waals surface area contributed by atoms with E-state index < -0.39 is 23.2 Å².